The number of aromatic amines is 1. The second kappa shape index (κ2) is 3.13. The molecular formula is C10H8FN3O2. The van der Waals surface area contributed by atoms with E-state index in [-0.39, 0.29) is 12.5 Å². The van der Waals surface area contributed by atoms with E-state index in [0.717, 1.165) is 0 Å². The van der Waals surface area contributed by atoms with E-state index < -0.39 is 5.82 Å². The Hall–Kier alpha value is -2.24. The zero-order valence-corrected chi connectivity index (χ0v) is 8.16. The van der Waals surface area contributed by atoms with Gasteiger partial charge in [0.05, 0.1) is 6.20 Å². The Bertz CT molecular complexity index is 553. The molecule has 2 heterocycles. The smallest absolute Gasteiger partial charge is 0.231 e. The van der Waals surface area contributed by atoms with E-state index in [2.05, 4.69) is 10.2 Å². The van der Waals surface area contributed by atoms with E-state index in [0.29, 0.717) is 22.7 Å². The van der Waals surface area contributed by atoms with Gasteiger partial charge in [-0.25, -0.2) is 4.39 Å². The summed E-state index contributed by atoms with van der Waals surface area (Å²) in [6.45, 7) is 0.0383. The molecule has 0 spiro atoms. The van der Waals surface area contributed by atoms with Gasteiger partial charge in [0, 0.05) is 11.1 Å². The first-order chi connectivity index (χ1) is 7.77. The van der Waals surface area contributed by atoms with Crippen LogP contribution in [0.25, 0.3) is 11.1 Å². The number of rotatable bonds is 1. The van der Waals surface area contributed by atoms with Gasteiger partial charge in [0.2, 0.25) is 12.5 Å². The molecule has 0 bridgehead atoms. The first-order valence-corrected chi connectivity index (χ1v) is 4.64. The van der Waals surface area contributed by atoms with Crippen molar-refractivity contribution in [3.8, 4) is 22.6 Å². The standard InChI is InChI=1S/C10H8FN3O2/c11-8-5(6-3-13-14-10(6)12)1-2-7-9(8)16-4-15-7/h1-3H,4H2,(H3,12,13,14). The molecule has 0 saturated carbocycles. The van der Waals surface area contributed by atoms with Gasteiger partial charge in [-0.05, 0) is 12.1 Å². The van der Waals surface area contributed by atoms with Crippen LogP contribution in [0.2, 0.25) is 0 Å². The number of fused-ring (bicyclic) bond motifs is 1. The van der Waals surface area contributed by atoms with E-state index in [4.69, 9.17) is 15.2 Å². The molecule has 82 valence electrons. The average molecular weight is 221 g/mol. The molecule has 5 nitrogen and oxygen atoms in total. The van der Waals surface area contributed by atoms with Gasteiger partial charge >= 0.3 is 0 Å². The Morgan fingerprint density at radius 1 is 1.31 bits per heavy atom. The van der Waals surface area contributed by atoms with Crippen LogP contribution >= 0.6 is 0 Å². The van der Waals surface area contributed by atoms with Gasteiger partial charge in [-0.15, -0.1) is 0 Å². The third-order valence-electron chi connectivity index (χ3n) is 2.44. The number of hydrogen-bond donors (Lipinski definition) is 2. The lowest BCUT2D eigenvalue weighted by molar-refractivity contribution is 0.171. The highest BCUT2D eigenvalue weighted by atomic mass is 19.1. The number of halogens is 1. The summed E-state index contributed by atoms with van der Waals surface area (Å²) in [6.07, 6.45) is 1.47. The molecule has 6 heteroatoms. The number of anilines is 1. The zero-order chi connectivity index (χ0) is 11.1. The molecular weight excluding hydrogens is 213 g/mol. The molecule has 1 aromatic heterocycles. The minimum atomic E-state index is -0.483. The van der Waals surface area contributed by atoms with Crippen molar-refractivity contribution in [2.24, 2.45) is 0 Å². The molecule has 1 aliphatic heterocycles. The third-order valence-corrected chi connectivity index (χ3v) is 2.44. The van der Waals surface area contributed by atoms with Gasteiger partial charge in [-0.3, -0.25) is 5.10 Å². The Labute approximate surface area is 90.0 Å². The van der Waals surface area contributed by atoms with Crippen LogP contribution in [0.15, 0.2) is 18.3 Å². The minimum absolute atomic E-state index is 0.0383. The van der Waals surface area contributed by atoms with Crippen LogP contribution in [0.3, 0.4) is 0 Å². The van der Waals surface area contributed by atoms with Crippen LogP contribution < -0.4 is 15.2 Å². The number of nitrogens with zero attached hydrogens (tertiary/aromatic N) is 1. The van der Waals surface area contributed by atoms with Crippen LogP contribution in [-0.4, -0.2) is 17.0 Å². The highest BCUT2D eigenvalue weighted by Gasteiger charge is 2.22. The van der Waals surface area contributed by atoms with Crippen LogP contribution in [-0.2, 0) is 0 Å². The highest BCUT2D eigenvalue weighted by Crippen LogP contribution is 2.40. The van der Waals surface area contributed by atoms with Crippen molar-refractivity contribution in [1.82, 2.24) is 10.2 Å². The van der Waals surface area contributed by atoms with Crippen LogP contribution in [0, 0.1) is 5.82 Å². The number of hydrogen-bond acceptors (Lipinski definition) is 4. The first kappa shape index (κ1) is 9.02. The maximum atomic E-state index is 14.0. The monoisotopic (exact) mass is 221 g/mol. The van der Waals surface area contributed by atoms with Gasteiger partial charge < -0.3 is 15.2 Å². The average Bonchev–Trinajstić information content (AvgIpc) is 2.88. The van der Waals surface area contributed by atoms with Gasteiger partial charge in [0.25, 0.3) is 0 Å². The quantitative estimate of drug-likeness (QED) is 0.765. The Balaban J connectivity index is 2.20. The SMILES string of the molecule is Nc1[nH]ncc1-c1ccc2c(c1F)OCO2. The molecule has 3 N–H and O–H groups in total. The molecule has 3 rings (SSSR count). The normalized spacial score (nSPS) is 13.1. The van der Waals surface area contributed by atoms with E-state index in [9.17, 15) is 4.39 Å². The molecule has 1 aliphatic rings. The molecule has 16 heavy (non-hydrogen) atoms. The fraction of sp³-hybridized carbons (Fsp3) is 0.100. The van der Waals surface area contributed by atoms with Crippen LogP contribution in [0.1, 0.15) is 0 Å². The number of nitrogen functional groups attached to an aromatic ring is 1. The maximum Gasteiger partial charge on any atom is 0.231 e. The Kier molecular flexibility index (Phi) is 1.76. The van der Waals surface area contributed by atoms with Crippen molar-refractivity contribution in [2.45, 2.75) is 0 Å². The number of ether oxygens (including phenoxy) is 2. The summed E-state index contributed by atoms with van der Waals surface area (Å²) in [5.74, 6) is 0.363. The lowest BCUT2D eigenvalue weighted by Gasteiger charge is -2.04. The fourth-order valence-corrected chi connectivity index (χ4v) is 1.66. The molecule has 0 amide bonds. The summed E-state index contributed by atoms with van der Waals surface area (Å²) < 4.78 is 24.1. The molecule has 0 unspecified atom stereocenters. The zero-order valence-electron chi connectivity index (χ0n) is 8.16. The maximum absolute atomic E-state index is 14.0. The molecule has 0 saturated heterocycles. The number of nitrogens with two attached hydrogens (primary N) is 1. The summed E-state index contributed by atoms with van der Waals surface area (Å²) in [5, 5.41) is 6.30. The molecule has 0 atom stereocenters. The minimum Gasteiger partial charge on any atom is -0.453 e. The summed E-state index contributed by atoms with van der Waals surface area (Å²) >= 11 is 0. The number of nitrogens with one attached hydrogen (secondary N) is 1. The van der Waals surface area contributed by atoms with Crippen LogP contribution in [0.4, 0.5) is 10.2 Å². The van der Waals surface area contributed by atoms with Crippen molar-refractivity contribution in [1.29, 1.82) is 0 Å². The van der Waals surface area contributed by atoms with Crippen molar-refractivity contribution >= 4 is 5.82 Å². The lowest BCUT2D eigenvalue weighted by Crippen LogP contribution is -1.94. The van der Waals surface area contributed by atoms with Gasteiger partial charge in [-0.1, -0.05) is 0 Å². The first-order valence-electron chi connectivity index (χ1n) is 4.64. The summed E-state index contributed by atoms with van der Waals surface area (Å²) in [5.41, 5.74) is 6.48. The fourth-order valence-electron chi connectivity index (χ4n) is 1.66. The molecule has 2 aromatic rings. The lowest BCUT2D eigenvalue weighted by atomic mass is 10.1. The predicted molar refractivity (Wildman–Crippen MR) is 54.5 cm³/mol. The van der Waals surface area contributed by atoms with Crippen molar-refractivity contribution < 1.29 is 13.9 Å². The highest BCUT2D eigenvalue weighted by molar-refractivity contribution is 5.75. The van der Waals surface area contributed by atoms with Crippen LogP contribution in [0.5, 0.6) is 11.5 Å². The van der Waals surface area contributed by atoms with Gasteiger partial charge in [0.15, 0.2) is 11.6 Å². The predicted octanol–water partition coefficient (Wildman–Crippen LogP) is 1.53. The second-order valence-corrected chi connectivity index (χ2v) is 3.36. The Morgan fingerprint density at radius 3 is 2.94 bits per heavy atom. The summed E-state index contributed by atoms with van der Waals surface area (Å²) in [4.78, 5) is 0. The van der Waals surface area contributed by atoms with Gasteiger partial charge in [0.1, 0.15) is 5.82 Å². The van der Waals surface area contributed by atoms with Crippen molar-refractivity contribution in [3.05, 3.63) is 24.1 Å². The van der Waals surface area contributed by atoms with E-state index in [1.54, 1.807) is 12.1 Å². The van der Waals surface area contributed by atoms with Gasteiger partial charge in [-0.2, -0.15) is 5.10 Å². The molecule has 0 aliphatic carbocycles. The number of benzene rings is 1. The van der Waals surface area contributed by atoms with E-state index >= 15 is 0 Å². The van der Waals surface area contributed by atoms with E-state index in [1.165, 1.54) is 6.20 Å². The molecule has 0 fully saturated rings. The second-order valence-electron chi connectivity index (χ2n) is 3.36. The van der Waals surface area contributed by atoms with Crippen molar-refractivity contribution in [3.63, 3.8) is 0 Å². The molecule has 1 aromatic carbocycles. The largest absolute Gasteiger partial charge is 0.453 e. The summed E-state index contributed by atoms with van der Waals surface area (Å²) in [6, 6.07) is 3.23. The molecule has 0 radical (unpaired) electrons. The number of H-pyrrole nitrogens is 1. The Morgan fingerprint density at radius 2 is 2.19 bits per heavy atom. The third kappa shape index (κ3) is 1.13. The topological polar surface area (TPSA) is 73.2 Å². The summed E-state index contributed by atoms with van der Waals surface area (Å²) in [7, 11) is 0. The van der Waals surface area contributed by atoms with E-state index in [1.807, 2.05) is 0 Å². The van der Waals surface area contributed by atoms with Crippen molar-refractivity contribution in [2.75, 3.05) is 12.5 Å². The number of aromatic nitrogens is 2.